The fourth-order valence-corrected chi connectivity index (χ4v) is 5.47. The first-order chi connectivity index (χ1) is 18.0. The summed E-state index contributed by atoms with van der Waals surface area (Å²) >= 11 is 0. The minimum absolute atomic E-state index is 0.0479. The van der Waals surface area contributed by atoms with Gasteiger partial charge in [-0.15, -0.1) is 0 Å². The van der Waals surface area contributed by atoms with Gasteiger partial charge in [0.15, 0.2) is 0 Å². The topological polar surface area (TPSA) is 98.0 Å². The van der Waals surface area contributed by atoms with E-state index in [9.17, 15) is 9.90 Å². The number of aromatic amines is 1. The van der Waals surface area contributed by atoms with Crippen molar-refractivity contribution in [2.24, 2.45) is 7.05 Å². The number of aromatic nitrogens is 6. The predicted molar refractivity (Wildman–Crippen MR) is 148 cm³/mol. The molecule has 0 radical (unpaired) electrons. The van der Waals surface area contributed by atoms with Crippen LogP contribution in [0.1, 0.15) is 52.1 Å². The molecule has 38 heavy (non-hydrogen) atoms. The van der Waals surface area contributed by atoms with Gasteiger partial charge in [-0.2, -0.15) is 5.10 Å². The third-order valence-electron chi connectivity index (χ3n) is 7.51. The van der Waals surface area contributed by atoms with E-state index < -0.39 is 5.60 Å². The molecule has 9 nitrogen and oxygen atoms in total. The number of H-pyrrole nitrogens is 1. The zero-order valence-electron chi connectivity index (χ0n) is 22.3. The lowest BCUT2D eigenvalue weighted by Crippen LogP contribution is -2.26. The van der Waals surface area contributed by atoms with Crippen LogP contribution in [0.5, 0.6) is 0 Å². The summed E-state index contributed by atoms with van der Waals surface area (Å²) in [7, 11) is 1.78. The second-order valence-electron chi connectivity index (χ2n) is 11.4. The molecule has 1 aromatic carbocycles. The van der Waals surface area contributed by atoms with E-state index in [-0.39, 0.29) is 17.3 Å². The Bertz CT molecular complexity index is 1800. The molecule has 4 aromatic heterocycles. The van der Waals surface area contributed by atoms with E-state index >= 15 is 0 Å². The molecular weight excluding hydrogens is 478 g/mol. The fourth-order valence-electron chi connectivity index (χ4n) is 5.47. The van der Waals surface area contributed by atoms with Crippen LogP contribution in [0.4, 0.5) is 0 Å². The maximum atomic E-state index is 13.3. The second kappa shape index (κ2) is 8.17. The minimum atomic E-state index is -0.908. The molecule has 1 fully saturated rings. The number of benzene rings is 1. The lowest BCUT2D eigenvalue weighted by molar-refractivity contribution is 0.0577. The average Bonchev–Trinajstić information content (AvgIpc) is 3.25. The quantitative estimate of drug-likeness (QED) is 0.315. The van der Waals surface area contributed by atoms with E-state index in [2.05, 4.69) is 39.2 Å². The van der Waals surface area contributed by atoms with E-state index in [1.54, 1.807) is 42.5 Å². The summed E-state index contributed by atoms with van der Waals surface area (Å²) in [4.78, 5) is 25.4. The Hall–Kier alpha value is -4.16. The van der Waals surface area contributed by atoms with E-state index in [1.165, 1.54) is 0 Å². The molecule has 0 amide bonds. The number of pyridine rings is 1. The van der Waals surface area contributed by atoms with Crippen LogP contribution in [-0.2, 0) is 19.1 Å². The molecule has 9 heteroatoms. The number of aryl methyl sites for hydroxylation is 1. The normalized spacial score (nSPS) is 15.0. The minimum Gasteiger partial charge on any atom is -0.389 e. The molecule has 0 spiro atoms. The van der Waals surface area contributed by atoms with Gasteiger partial charge >= 0.3 is 5.69 Å². The lowest BCUT2D eigenvalue weighted by Gasteiger charge is -2.16. The Morgan fingerprint density at radius 1 is 1.18 bits per heavy atom. The Balaban J connectivity index is 1.65. The van der Waals surface area contributed by atoms with Gasteiger partial charge in [-0.05, 0) is 33.3 Å². The van der Waals surface area contributed by atoms with Crippen LogP contribution in [0, 0.1) is 6.57 Å². The molecule has 0 atom stereocenters. The van der Waals surface area contributed by atoms with Crippen molar-refractivity contribution in [2.75, 3.05) is 0 Å². The SMILES string of the molecule is [C-]#[N+]C1(c2ccc(-c3c(-c4cnn(CC(C)(C)O)c4)[nH]c4ncc5c(c34)n(C(C)C)c(=O)n5C)cc2)CC1. The van der Waals surface area contributed by atoms with Crippen LogP contribution in [0.3, 0.4) is 0 Å². The van der Waals surface area contributed by atoms with Gasteiger partial charge in [-0.25, -0.2) is 16.4 Å². The van der Waals surface area contributed by atoms with Crippen LogP contribution in [0.2, 0.25) is 0 Å². The maximum absolute atomic E-state index is 13.3. The van der Waals surface area contributed by atoms with E-state index in [4.69, 9.17) is 11.6 Å². The highest BCUT2D eigenvalue weighted by atomic mass is 16.3. The van der Waals surface area contributed by atoms with E-state index in [0.717, 1.165) is 57.2 Å². The standard InChI is InChI=1S/C29H31N7O2/c1-17(2)36-25-21(34(6)27(36)37)14-31-26-23(25)22(18-7-9-20(10-8-18)29(30-5)11-12-29)24(33-26)19-13-32-35(15-19)16-28(3,4)38/h7-10,13-15,17,38H,11-12,16H2,1-4,6H3,(H,31,33). The number of fused-ring (bicyclic) bond motifs is 3. The fraction of sp³-hybridized carbons (Fsp3) is 0.379. The molecule has 0 bridgehead atoms. The van der Waals surface area contributed by atoms with Crippen LogP contribution in [-0.4, -0.2) is 39.6 Å². The summed E-state index contributed by atoms with van der Waals surface area (Å²) < 4.78 is 5.20. The molecule has 0 saturated heterocycles. The van der Waals surface area contributed by atoms with Gasteiger partial charge in [0.1, 0.15) is 5.65 Å². The van der Waals surface area contributed by atoms with Gasteiger partial charge in [0, 0.05) is 48.8 Å². The van der Waals surface area contributed by atoms with Crippen LogP contribution in [0.15, 0.2) is 47.7 Å². The zero-order valence-corrected chi connectivity index (χ0v) is 22.3. The van der Waals surface area contributed by atoms with E-state index in [1.807, 2.05) is 24.6 Å². The van der Waals surface area contributed by atoms with Crippen molar-refractivity contribution < 1.29 is 5.11 Å². The highest BCUT2D eigenvalue weighted by Crippen LogP contribution is 2.50. The van der Waals surface area contributed by atoms with Crippen LogP contribution >= 0.6 is 0 Å². The number of nitrogens with one attached hydrogen (secondary N) is 1. The first-order valence-corrected chi connectivity index (χ1v) is 12.9. The summed E-state index contributed by atoms with van der Waals surface area (Å²) in [6.07, 6.45) is 7.23. The summed E-state index contributed by atoms with van der Waals surface area (Å²) in [5, 5.41) is 15.7. The van der Waals surface area contributed by atoms with Gasteiger partial charge in [0.25, 0.3) is 5.54 Å². The Kier molecular flexibility index (Phi) is 5.20. The molecule has 1 aliphatic rings. The summed E-state index contributed by atoms with van der Waals surface area (Å²) in [6.45, 7) is 15.5. The monoisotopic (exact) mass is 509 g/mol. The highest BCUT2D eigenvalue weighted by molar-refractivity contribution is 6.14. The van der Waals surface area contributed by atoms with Crippen LogP contribution in [0.25, 0.3) is 49.3 Å². The second-order valence-corrected chi connectivity index (χ2v) is 11.4. The number of imidazole rings is 1. The summed E-state index contributed by atoms with van der Waals surface area (Å²) in [5.41, 5.74) is 5.54. The molecule has 0 aliphatic heterocycles. The molecular formula is C29H31N7O2. The molecule has 2 N–H and O–H groups in total. The number of aliphatic hydroxyl groups is 1. The highest BCUT2D eigenvalue weighted by Gasteiger charge is 2.52. The van der Waals surface area contributed by atoms with Gasteiger partial charge in [-0.1, -0.05) is 24.3 Å². The maximum Gasteiger partial charge on any atom is 0.329 e. The van der Waals surface area contributed by atoms with Crippen molar-refractivity contribution in [3.05, 3.63) is 70.3 Å². The molecule has 0 unspecified atom stereocenters. The van der Waals surface area contributed by atoms with E-state index in [0.29, 0.717) is 12.2 Å². The van der Waals surface area contributed by atoms with Crippen molar-refractivity contribution in [1.82, 2.24) is 28.9 Å². The van der Waals surface area contributed by atoms with Crippen molar-refractivity contribution in [2.45, 2.75) is 64.3 Å². The largest absolute Gasteiger partial charge is 0.389 e. The third-order valence-corrected chi connectivity index (χ3v) is 7.51. The molecule has 5 aromatic rings. The Morgan fingerprint density at radius 2 is 1.89 bits per heavy atom. The first-order valence-electron chi connectivity index (χ1n) is 12.9. The van der Waals surface area contributed by atoms with Crippen molar-refractivity contribution in [3.63, 3.8) is 0 Å². The molecule has 6 rings (SSSR count). The smallest absolute Gasteiger partial charge is 0.329 e. The average molecular weight is 510 g/mol. The number of hydrogen-bond donors (Lipinski definition) is 2. The number of hydrogen-bond acceptors (Lipinski definition) is 4. The van der Waals surface area contributed by atoms with Crippen molar-refractivity contribution >= 4 is 22.1 Å². The van der Waals surface area contributed by atoms with Crippen LogP contribution < -0.4 is 5.69 Å². The molecule has 1 aliphatic carbocycles. The van der Waals surface area contributed by atoms with Gasteiger partial charge in [0.2, 0.25) is 0 Å². The number of nitrogens with zero attached hydrogens (tertiary/aromatic N) is 6. The first kappa shape index (κ1) is 24.2. The van der Waals surface area contributed by atoms with Crippen molar-refractivity contribution in [3.8, 4) is 22.4 Å². The predicted octanol–water partition coefficient (Wildman–Crippen LogP) is 5.01. The van der Waals surface area contributed by atoms with Gasteiger partial charge in [-0.3, -0.25) is 13.8 Å². The van der Waals surface area contributed by atoms with Crippen molar-refractivity contribution in [1.29, 1.82) is 0 Å². The molecule has 1 saturated carbocycles. The van der Waals surface area contributed by atoms with Gasteiger partial charge in [0.05, 0.1) is 46.7 Å². The lowest BCUT2D eigenvalue weighted by atomic mass is 9.96. The molecule has 194 valence electrons. The Morgan fingerprint density at radius 3 is 2.50 bits per heavy atom. The molecule has 4 heterocycles. The summed E-state index contributed by atoms with van der Waals surface area (Å²) in [6, 6.07) is 8.18. The van der Waals surface area contributed by atoms with Gasteiger partial charge < -0.3 is 14.9 Å². The summed E-state index contributed by atoms with van der Waals surface area (Å²) in [5.74, 6) is 0. The zero-order chi connectivity index (χ0) is 27.0. The third kappa shape index (κ3) is 3.67. The Labute approximate surface area is 220 Å². The number of rotatable bonds is 6.